The number of rotatable bonds is 10. The van der Waals surface area contributed by atoms with Gasteiger partial charge in [-0.25, -0.2) is 14.3 Å². The Morgan fingerprint density at radius 3 is 2.18 bits per heavy atom. The van der Waals surface area contributed by atoms with E-state index < -0.39 is 0 Å². The Kier molecular flexibility index (Phi) is 6.97. The number of nitrogens with one attached hydrogen (secondary N) is 2. The topological polar surface area (TPSA) is 99.4 Å². The second kappa shape index (κ2) is 10.2. The van der Waals surface area contributed by atoms with Gasteiger partial charge in [0.2, 0.25) is 0 Å². The summed E-state index contributed by atoms with van der Waals surface area (Å²) in [6, 6.07) is 15.2. The first-order valence-corrected chi connectivity index (χ1v) is 11.1. The predicted molar refractivity (Wildman–Crippen MR) is 125 cm³/mol. The highest BCUT2D eigenvalue weighted by atomic mass is 16.5. The summed E-state index contributed by atoms with van der Waals surface area (Å²) in [7, 11) is 3.25. The van der Waals surface area contributed by atoms with Gasteiger partial charge >= 0.3 is 11.7 Å². The minimum Gasteiger partial charge on any atom is -0.497 e. The van der Waals surface area contributed by atoms with Gasteiger partial charge in [0.05, 0.1) is 20.8 Å². The van der Waals surface area contributed by atoms with E-state index in [1.807, 2.05) is 48.5 Å². The number of benzene rings is 2. The summed E-state index contributed by atoms with van der Waals surface area (Å²) in [4.78, 5) is 25.0. The Labute approximate surface area is 192 Å². The molecule has 0 saturated heterocycles. The molecule has 0 aliphatic heterocycles. The zero-order valence-corrected chi connectivity index (χ0v) is 18.9. The smallest absolute Gasteiger partial charge is 0.346 e. The Hall–Kier alpha value is -3.75. The first-order valence-electron chi connectivity index (χ1n) is 11.1. The van der Waals surface area contributed by atoms with Crippen molar-refractivity contribution in [3.8, 4) is 22.9 Å². The molecule has 2 N–H and O–H groups in total. The molecule has 0 atom stereocenters. The van der Waals surface area contributed by atoms with Gasteiger partial charge in [-0.15, -0.1) is 5.10 Å². The molecule has 0 bridgehead atoms. The van der Waals surface area contributed by atoms with Crippen LogP contribution in [0.2, 0.25) is 0 Å². The second-order valence-electron chi connectivity index (χ2n) is 7.94. The molecule has 33 heavy (non-hydrogen) atoms. The lowest BCUT2D eigenvalue weighted by Crippen LogP contribution is -2.39. The van der Waals surface area contributed by atoms with E-state index in [1.54, 1.807) is 18.8 Å². The minimum absolute atomic E-state index is 0.148. The van der Waals surface area contributed by atoms with Crippen molar-refractivity contribution in [2.45, 2.75) is 31.8 Å². The van der Waals surface area contributed by atoms with Crippen molar-refractivity contribution in [1.29, 1.82) is 0 Å². The standard InChI is InChI=1S/C24H29N5O4/c1-32-20-9-3-17(4-10-20)13-14-25-23(30)26-15-16-28-24(31)29(19-7-8-19)22(27-28)18-5-11-21(33-2)12-6-18/h3-6,9-12,19H,7-8,13-16H2,1-2H3,(H2,25,26,30). The Bertz CT molecular complexity index is 1130. The maximum atomic E-state index is 12.9. The van der Waals surface area contributed by atoms with Gasteiger partial charge in [0, 0.05) is 24.7 Å². The van der Waals surface area contributed by atoms with Crippen molar-refractivity contribution in [2.75, 3.05) is 27.3 Å². The lowest BCUT2D eigenvalue weighted by molar-refractivity contribution is 0.240. The Balaban J connectivity index is 1.30. The number of hydrogen-bond donors (Lipinski definition) is 2. The van der Waals surface area contributed by atoms with Gasteiger partial charge in [0.1, 0.15) is 11.5 Å². The summed E-state index contributed by atoms with van der Waals surface area (Å²) in [6.45, 7) is 1.11. The van der Waals surface area contributed by atoms with Crippen LogP contribution in [0.25, 0.3) is 11.4 Å². The summed E-state index contributed by atoms with van der Waals surface area (Å²) in [5.74, 6) is 2.20. The molecule has 2 aromatic carbocycles. The van der Waals surface area contributed by atoms with Crippen LogP contribution in [0.3, 0.4) is 0 Å². The van der Waals surface area contributed by atoms with Crippen molar-refractivity contribution in [1.82, 2.24) is 25.0 Å². The van der Waals surface area contributed by atoms with Crippen molar-refractivity contribution in [2.24, 2.45) is 0 Å². The highest BCUT2D eigenvalue weighted by Gasteiger charge is 2.30. The number of amides is 2. The molecule has 1 saturated carbocycles. The first kappa shape index (κ1) is 22.4. The van der Waals surface area contributed by atoms with Gasteiger partial charge in [0.25, 0.3) is 0 Å². The lowest BCUT2D eigenvalue weighted by Gasteiger charge is -2.08. The molecular formula is C24H29N5O4. The molecule has 1 fully saturated rings. The van der Waals surface area contributed by atoms with Crippen molar-refractivity contribution in [3.63, 3.8) is 0 Å². The zero-order chi connectivity index (χ0) is 23.2. The Morgan fingerprint density at radius 2 is 1.58 bits per heavy atom. The van der Waals surface area contributed by atoms with Gasteiger partial charge in [-0.1, -0.05) is 12.1 Å². The third-order valence-corrected chi connectivity index (χ3v) is 5.60. The number of urea groups is 1. The van der Waals surface area contributed by atoms with Crippen molar-refractivity contribution >= 4 is 6.03 Å². The number of nitrogens with zero attached hydrogens (tertiary/aromatic N) is 3. The lowest BCUT2D eigenvalue weighted by atomic mass is 10.1. The van der Waals surface area contributed by atoms with E-state index in [0.717, 1.165) is 35.5 Å². The minimum atomic E-state index is -0.270. The van der Waals surface area contributed by atoms with E-state index in [1.165, 1.54) is 4.68 Å². The second-order valence-corrected chi connectivity index (χ2v) is 7.94. The fraction of sp³-hybridized carbons (Fsp3) is 0.375. The van der Waals surface area contributed by atoms with E-state index in [-0.39, 0.29) is 17.8 Å². The molecule has 1 aliphatic carbocycles. The average Bonchev–Trinajstić information content (AvgIpc) is 3.63. The highest BCUT2D eigenvalue weighted by molar-refractivity contribution is 5.73. The van der Waals surface area contributed by atoms with Crippen molar-refractivity contribution < 1.29 is 14.3 Å². The number of carbonyl (C=O) groups is 1. The summed E-state index contributed by atoms with van der Waals surface area (Å²) in [5.41, 5.74) is 1.83. The average molecular weight is 452 g/mol. The zero-order valence-electron chi connectivity index (χ0n) is 18.9. The SMILES string of the molecule is COc1ccc(CCNC(=O)NCCn2nc(-c3ccc(OC)cc3)n(C3CC3)c2=O)cc1. The summed E-state index contributed by atoms with van der Waals surface area (Å²) < 4.78 is 13.5. The summed E-state index contributed by atoms with van der Waals surface area (Å²) >= 11 is 0. The molecule has 174 valence electrons. The van der Waals surface area contributed by atoms with Gasteiger partial charge < -0.3 is 20.1 Å². The van der Waals surface area contributed by atoms with E-state index in [4.69, 9.17) is 9.47 Å². The largest absolute Gasteiger partial charge is 0.497 e. The molecule has 1 aliphatic rings. The molecule has 3 aromatic rings. The van der Waals surface area contributed by atoms with Crippen LogP contribution >= 0.6 is 0 Å². The normalized spacial score (nSPS) is 12.9. The molecule has 1 aromatic heterocycles. The maximum Gasteiger partial charge on any atom is 0.346 e. The van der Waals surface area contributed by atoms with Crippen LogP contribution in [0.4, 0.5) is 4.79 Å². The van der Waals surface area contributed by atoms with Crippen LogP contribution in [-0.2, 0) is 13.0 Å². The van der Waals surface area contributed by atoms with Gasteiger partial charge in [-0.2, -0.15) is 0 Å². The molecule has 2 amide bonds. The highest BCUT2D eigenvalue weighted by Crippen LogP contribution is 2.36. The van der Waals surface area contributed by atoms with Crippen LogP contribution in [0.5, 0.6) is 11.5 Å². The van der Waals surface area contributed by atoms with Crippen LogP contribution in [0.1, 0.15) is 24.4 Å². The molecule has 4 rings (SSSR count). The molecule has 9 heteroatoms. The maximum absolute atomic E-state index is 12.9. The number of carbonyl (C=O) groups excluding carboxylic acids is 1. The number of hydrogen-bond acceptors (Lipinski definition) is 5. The predicted octanol–water partition coefficient (Wildman–Crippen LogP) is 2.61. The van der Waals surface area contributed by atoms with Crippen LogP contribution in [-0.4, -0.2) is 47.7 Å². The fourth-order valence-electron chi connectivity index (χ4n) is 3.62. The van der Waals surface area contributed by atoms with E-state index in [0.29, 0.717) is 31.9 Å². The summed E-state index contributed by atoms with van der Waals surface area (Å²) in [5, 5.41) is 10.2. The molecule has 0 unspecified atom stereocenters. The first-order chi connectivity index (χ1) is 16.1. The van der Waals surface area contributed by atoms with Gasteiger partial charge in [-0.05, 0) is 61.2 Å². The van der Waals surface area contributed by atoms with Crippen LogP contribution in [0, 0.1) is 0 Å². The Morgan fingerprint density at radius 1 is 0.970 bits per heavy atom. The van der Waals surface area contributed by atoms with Crippen LogP contribution < -0.4 is 25.8 Å². The molecule has 1 heterocycles. The number of aromatic nitrogens is 3. The van der Waals surface area contributed by atoms with Crippen molar-refractivity contribution in [3.05, 3.63) is 64.6 Å². The molecule has 0 spiro atoms. The molecular weight excluding hydrogens is 422 g/mol. The number of ether oxygens (including phenoxy) is 2. The third-order valence-electron chi connectivity index (χ3n) is 5.60. The van der Waals surface area contributed by atoms with E-state index in [9.17, 15) is 9.59 Å². The van der Waals surface area contributed by atoms with E-state index >= 15 is 0 Å². The van der Waals surface area contributed by atoms with Crippen LogP contribution in [0.15, 0.2) is 53.3 Å². The quantitative estimate of drug-likeness (QED) is 0.494. The third kappa shape index (κ3) is 5.54. The fourth-order valence-corrected chi connectivity index (χ4v) is 3.62. The molecule has 0 radical (unpaired) electrons. The number of methoxy groups -OCH3 is 2. The van der Waals surface area contributed by atoms with E-state index in [2.05, 4.69) is 15.7 Å². The van der Waals surface area contributed by atoms with Gasteiger partial charge in [0.15, 0.2) is 5.82 Å². The monoisotopic (exact) mass is 451 g/mol. The van der Waals surface area contributed by atoms with Gasteiger partial charge in [-0.3, -0.25) is 4.57 Å². The molecule has 9 nitrogen and oxygen atoms in total. The summed E-state index contributed by atoms with van der Waals surface area (Å²) in [6.07, 6.45) is 2.67.